The molecule has 3 amide bonds. The van der Waals surface area contributed by atoms with Crippen LogP contribution in [0, 0.1) is 0 Å². The number of hydrogen-bond acceptors (Lipinski definition) is 5. The van der Waals surface area contributed by atoms with Crippen LogP contribution in [0.25, 0.3) is 22.0 Å². The molecule has 8 heteroatoms. The Morgan fingerprint density at radius 1 is 0.947 bits per heavy atom. The van der Waals surface area contributed by atoms with E-state index in [0.717, 1.165) is 18.7 Å². The van der Waals surface area contributed by atoms with E-state index >= 15 is 0 Å². The molecule has 0 spiro atoms. The van der Waals surface area contributed by atoms with Crippen molar-refractivity contribution in [3.63, 3.8) is 0 Å². The van der Waals surface area contributed by atoms with Gasteiger partial charge >= 0.3 is 6.03 Å². The third kappa shape index (κ3) is 5.37. The van der Waals surface area contributed by atoms with Crippen LogP contribution >= 0.6 is 0 Å². The normalized spacial score (nSPS) is 17.4. The number of amides is 3. The number of benzene rings is 3. The second-order valence-corrected chi connectivity index (χ2v) is 9.43. The van der Waals surface area contributed by atoms with Crippen molar-refractivity contribution < 1.29 is 14.3 Å². The number of carbonyl (C=O) groups is 2. The molecule has 4 N–H and O–H groups in total. The van der Waals surface area contributed by atoms with Crippen LogP contribution in [0.2, 0.25) is 0 Å². The number of nitrogens with one attached hydrogen (secondary N) is 2. The number of hydrogen-bond donors (Lipinski definition) is 3. The SMILES string of the molecule is COCCN1C[C@@H](NC(=O)Nc2c(-c3ccccc3)nc(C(N)=O)c3ccccc23)[C@H](c2ccccc2)C1. The van der Waals surface area contributed by atoms with Gasteiger partial charge in [0.05, 0.1) is 24.0 Å². The van der Waals surface area contributed by atoms with Crippen molar-refractivity contribution in [3.05, 3.63) is 96.2 Å². The molecule has 0 aliphatic carbocycles. The van der Waals surface area contributed by atoms with E-state index in [1.807, 2.05) is 66.7 Å². The van der Waals surface area contributed by atoms with Crippen LogP contribution < -0.4 is 16.4 Å². The Bertz CT molecular complexity index is 1430. The smallest absolute Gasteiger partial charge is 0.319 e. The molecule has 0 unspecified atom stereocenters. The Kier molecular flexibility index (Phi) is 7.62. The van der Waals surface area contributed by atoms with E-state index in [4.69, 9.17) is 10.5 Å². The Morgan fingerprint density at radius 3 is 2.29 bits per heavy atom. The summed E-state index contributed by atoms with van der Waals surface area (Å²) in [5.74, 6) is -0.485. The number of aromatic nitrogens is 1. The van der Waals surface area contributed by atoms with Gasteiger partial charge in [0.15, 0.2) is 0 Å². The molecule has 8 nitrogen and oxygen atoms in total. The van der Waals surface area contributed by atoms with Gasteiger partial charge in [-0.05, 0) is 5.56 Å². The summed E-state index contributed by atoms with van der Waals surface area (Å²) in [4.78, 5) is 32.7. The summed E-state index contributed by atoms with van der Waals surface area (Å²) in [6.07, 6.45) is 0. The maximum absolute atomic E-state index is 13.5. The molecule has 0 bridgehead atoms. The van der Waals surface area contributed by atoms with Crippen LogP contribution in [-0.2, 0) is 4.74 Å². The van der Waals surface area contributed by atoms with E-state index < -0.39 is 5.91 Å². The summed E-state index contributed by atoms with van der Waals surface area (Å²) in [5.41, 5.74) is 8.82. The fourth-order valence-electron chi connectivity index (χ4n) is 5.17. The number of carbonyl (C=O) groups excluding carboxylic acids is 2. The number of nitrogens with zero attached hydrogens (tertiary/aromatic N) is 2. The summed E-state index contributed by atoms with van der Waals surface area (Å²) >= 11 is 0. The first-order valence-electron chi connectivity index (χ1n) is 12.7. The molecule has 1 saturated heterocycles. The van der Waals surface area contributed by atoms with Gasteiger partial charge < -0.3 is 21.1 Å². The van der Waals surface area contributed by atoms with Crippen molar-refractivity contribution in [3.8, 4) is 11.3 Å². The molecule has 2 heterocycles. The summed E-state index contributed by atoms with van der Waals surface area (Å²) in [5, 5.41) is 7.56. The molecule has 4 aromatic rings. The average molecular weight is 510 g/mol. The molecule has 0 radical (unpaired) electrons. The van der Waals surface area contributed by atoms with E-state index in [9.17, 15) is 9.59 Å². The number of nitrogens with two attached hydrogens (primary N) is 1. The number of likely N-dealkylation sites (tertiary alicyclic amines) is 1. The van der Waals surface area contributed by atoms with Crippen LogP contribution in [0.15, 0.2) is 84.9 Å². The highest BCUT2D eigenvalue weighted by Crippen LogP contribution is 2.35. The monoisotopic (exact) mass is 509 g/mol. The largest absolute Gasteiger partial charge is 0.383 e. The van der Waals surface area contributed by atoms with Gasteiger partial charge in [0.25, 0.3) is 5.91 Å². The van der Waals surface area contributed by atoms with Crippen LogP contribution in [0.3, 0.4) is 0 Å². The topological polar surface area (TPSA) is 110 Å². The minimum absolute atomic E-state index is 0.0986. The third-order valence-corrected chi connectivity index (χ3v) is 6.98. The standard InChI is InChI=1S/C30H31N5O3/c1-38-17-16-35-18-24(20-10-4-2-5-11-20)25(19-35)32-30(37)34-27-22-14-8-9-15-23(22)28(29(31)36)33-26(27)21-12-6-3-7-13-21/h2-15,24-25H,16-19H2,1H3,(H2,31,36)(H2,32,34,37)/t24-,25+/m0/s1. The third-order valence-electron chi connectivity index (χ3n) is 6.98. The number of ether oxygens (including phenoxy) is 1. The lowest BCUT2D eigenvalue weighted by Crippen LogP contribution is -2.42. The van der Waals surface area contributed by atoms with Gasteiger partial charge in [-0.25, -0.2) is 9.78 Å². The van der Waals surface area contributed by atoms with Crippen LogP contribution in [0.4, 0.5) is 10.5 Å². The summed E-state index contributed by atoms with van der Waals surface area (Å²) in [6.45, 7) is 2.96. The van der Waals surface area contributed by atoms with Crippen molar-refractivity contribution in [1.82, 2.24) is 15.2 Å². The summed E-state index contributed by atoms with van der Waals surface area (Å²) in [7, 11) is 1.69. The Morgan fingerprint density at radius 2 is 1.61 bits per heavy atom. The highest BCUT2D eigenvalue weighted by atomic mass is 16.5. The number of primary amides is 1. The van der Waals surface area contributed by atoms with Crippen LogP contribution in [-0.4, -0.2) is 61.2 Å². The van der Waals surface area contributed by atoms with Crippen molar-refractivity contribution in [1.29, 1.82) is 0 Å². The number of methoxy groups -OCH3 is 1. The molecule has 1 aliphatic heterocycles. The second kappa shape index (κ2) is 11.4. The zero-order chi connectivity index (χ0) is 26.5. The maximum Gasteiger partial charge on any atom is 0.319 e. The van der Waals surface area contributed by atoms with Crippen LogP contribution in [0.5, 0.6) is 0 Å². The van der Waals surface area contributed by atoms with Crippen molar-refractivity contribution in [2.75, 3.05) is 38.7 Å². The first kappa shape index (κ1) is 25.4. The Balaban J connectivity index is 1.48. The van der Waals surface area contributed by atoms with Gasteiger partial charge in [-0.2, -0.15) is 0 Å². The summed E-state index contributed by atoms with van der Waals surface area (Å²) in [6, 6.07) is 26.6. The molecule has 1 aliphatic rings. The van der Waals surface area contributed by atoms with Crippen molar-refractivity contribution >= 4 is 28.4 Å². The van der Waals surface area contributed by atoms with Gasteiger partial charge in [-0.15, -0.1) is 0 Å². The maximum atomic E-state index is 13.5. The Hall–Kier alpha value is -4.27. The lowest BCUT2D eigenvalue weighted by Gasteiger charge is -2.22. The van der Waals surface area contributed by atoms with Gasteiger partial charge in [-0.1, -0.05) is 84.9 Å². The molecule has 38 heavy (non-hydrogen) atoms. The van der Waals surface area contributed by atoms with Gasteiger partial charge in [-0.3, -0.25) is 9.69 Å². The molecule has 1 aromatic heterocycles. The predicted octanol–water partition coefficient (Wildman–Crippen LogP) is 4.24. The van der Waals surface area contributed by atoms with E-state index in [0.29, 0.717) is 35.3 Å². The van der Waals surface area contributed by atoms with Gasteiger partial charge in [0.1, 0.15) is 5.69 Å². The van der Waals surface area contributed by atoms with Gasteiger partial charge in [0, 0.05) is 49.0 Å². The molecule has 194 valence electrons. The number of urea groups is 1. The zero-order valence-corrected chi connectivity index (χ0v) is 21.3. The molecule has 3 aromatic carbocycles. The fraction of sp³-hybridized carbons (Fsp3) is 0.233. The number of pyridine rings is 1. The number of fused-ring (bicyclic) bond motifs is 1. The zero-order valence-electron chi connectivity index (χ0n) is 21.3. The highest BCUT2D eigenvalue weighted by Gasteiger charge is 2.35. The molecule has 0 saturated carbocycles. The van der Waals surface area contributed by atoms with E-state index in [2.05, 4.69) is 32.7 Å². The minimum Gasteiger partial charge on any atom is -0.383 e. The number of anilines is 1. The molecule has 2 atom stereocenters. The molecule has 5 rings (SSSR count). The van der Waals surface area contributed by atoms with Crippen molar-refractivity contribution in [2.24, 2.45) is 5.73 Å². The number of rotatable bonds is 8. The fourth-order valence-corrected chi connectivity index (χ4v) is 5.17. The average Bonchev–Trinajstić information content (AvgIpc) is 3.35. The quantitative estimate of drug-likeness (QED) is 0.329. The van der Waals surface area contributed by atoms with E-state index in [1.165, 1.54) is 5.56 Å². The lowest BCUT2D eigenvalue weighted by molar-refractivity contribution is 0.0997. The summed E-state index contributed by atoms with van der Waals surface area (Å²) < 4.78 is 5.28. The molecule has 1 fully saturated rings. The minimum atomic E-state index is -0.623. The lowest BCUT2D eigenvalue weighted by atomic mass is 9.94. The first-order valence-corrected chi connectivity index (χ1v) is 12.7. The second-order valence-electron chi connectivity index (χ2n) is 9.43. The van der Waals surface area contributed by atoms with E-state index in [1.54, 1.807) is 13.2 Å². The molecular formula is C30H31N5O3. The molecular weight excluding hydrogens is 478 g/mol. The van der Waals surface area contributed by atoms with E-state index in [-0.39, 0.29) is 23.7 Å². The van der Waals surface area contributed by atoms with Crippen molar-refractivity contribution in [2.45, 2.75) is 12.0 Å². The van der Waals surface area contributed by atoms with Gasteiger partial charge in [0.2, 0.25) is 0 Å². The predicted molar refractivity (Wildman–Crippen MR) is 149 cm³/mol. The highest BCUT2D eigenvalue weighted by molar-refractivity contribution is 6.13. The first-order chi connectivity index (χ1) is 18.5. The Labute approximate surface area is 221 Å². The van der Waals surface area contributed by atoms with Crippen LogP contribution in [0.1, 0.15) is 22.0 Å².